The van der Waals surface area contributed by atoms with Gasteiger partial charge in [0.1, 0.15) is 17.7 Å². The highest BCUT2D eigenvalue weighted by molar-refractivity contribution is 6.31. The fourth-order valence-corrected chi connectivity index (χ4v) is 2.12. The normalized spacial score (nSPS) is 12.2. The van der Waals surface area contributed by atoms with Gasteiger partial charge in [-0.2, -0.15) is 0 Å². The van der Waals surface area contributed by atoms with Crippen LogP contribution in [0.15, 0.2) is 42.5 Å². The van der Waals surface area contributed by atoms with Crippen molar-refractivity contribution in [3.8, 4) is 5.75 Å². The monoisotopic (exact) mass is 280 g/mol. The summed E-state index contributed by atoms with van der Waals surface area (Å²) in [5.41, 5.74) is 0.656. The van der Waals surface area contributed by atoms with E-state index in [1.807, 2.05) is 6.92 Å². The zero-order valence-corrected chi connectivity index (χ0v) is 11.2. The highest BCUT2D eigenvalue weighted by atomic mass is 35.5. The van der Waals surface area contributed by atoms with Crippen molar-refractivity contribution in [2.24, 2.45) is 0 Å². The summed E-state index contributed by atoms with van der Waals surface area (Å²) in [5.74, 6) is 0.187. The number of aliphatic hydroxyl groups excluding tert-OH is 1. The molecule has 0 aromatic heterocycles. The Labute approximate surface area is 116 Å². The van der Waals surface area contributed by atoms with Gasteiger partial charge in [-0.05, 0) is 36.8 Å². The third-order valence-electron chi connectivity index (χ3n) is 2.78. The average Bonchev–Trinajstić information content (AvgIpc) is 2.39. The molecule has 0 spiro atoms. The molecule has 1 N–H and O–H groups in total. The molecule has 0 fully saturated rings. The molecule has 0 aliphatic carbocycles. The van der Waals surface area contributed by atoms with Gasteiger partial charge in [0.2, 0.25) is 0 Å². The molecular weight excluding hydrogens is 267 g/mol. The van der Waals surface area contributed by atoms with E-state index in [2.05, 4.69) is 0 Å². The van der Waals surface area contributed by atoms with Gasteiger partial charge in [0.25, 0.3) is 0 Å². The van der Waals surface area contributed by atoms with Gasteiger partial charge in [-0.25, -0.2) is 4.39 Å². The summed E-state index contributed by atoms with van der Waals surface area (Å²) in [5, 5.41) is 10.4. The maximum Gasteiger partial charge on any atom is 0.130 e. The zero-order chi connectivity index (χ0) is 13.8. The Morgan fingerprint density at radius 1 is 1.21 bits per heavy atom. The fourth-order valence-electron chi connectivity index (χ4n) is 1.85. The van der Waals surface area contributed by atoms with Crippen LogP contribution in [0.1, 0.15) is 24.2 Å². The molecular formula is C15H14ClFO2. The van der Waals surface area contributed by atoms with Gasteiger partial charge < -0.3 is 9.84 Å². The predicted molar refractivity (Wildman–Crippen MR) is 73.1 cm³/mol. The lowest BCUT2D eigenvalue weighted by Crippen LogP contribution is -2.03. The van der Waals surface area contributed by atoms with E-state index >= 15 is 0 Å². The van der Waals surface area contributed by atoms with Gasteiger partial charge in [-0.3, -0.25) is 0 Å². The summed E-state index contributed by atoms with van der Waals surface area (Å²) >= 11 is 5.93. The van der Waals surface area contributed by atoms with E-state index in [9.17, 15) is 9.50 Å². The summed E-state index contributed by atoms with van der Waals surface area (Å²) in [4.78, 5) is 0. The number of hydrogen-bond acceptors (Lipinski definition) is 2. The number of ether oxygens (including phenoxy) is 1. The summed E-state index contributed by atoms with van der Waals surface area (Å²) in [6.07, 6.45) is -1.09. The van der Waals surface area contributed by atoms with Crippen LogP contribution >= 0.6 is 11.6 Å². The number of hydrogen-bond donors (Lipinski definition) is 1. The fraction of sp³-hybridized carbons (Fsp3) is 0.200. The van der Waals surface area contributed by atoms with Crippen LogP contribution in [0.4, 0.5) is 4.39 Å². The van der Waals surface area contributed by atoms with E-state index in [1.54, 1.807) is 30.3 Å². The van der Waals surface area contributed by atoms with Gasteiger partial charge in [0.05, 0.1) is 6.61 Å². The van der Waals surface area contributed by atoms with E-state index in [-0.39, 0.29) is 10.6 Å². The van der Waals surface area contributed by atoms with Crippen LogP contribution < -0.4 is 4.74 Å². The van der Waals surface area contributed by atoms with E-state index in [1.165, 1.54) is 12.1 Å². The third kappa shape index (κ3) is 3.06. The molecule has 100 valence electrons. The van der Waals surface area contributed by atoms with Gasteiger partial charge in [0.15, 0.2) is 0 Å². The molecule has 1 unspecified atom stereocenters. The van der Waals surface area contributed by atoms with Gasteiger partial charge >= 0.3 is 0 Å². The Hall–Kier alpha value is -1.58. The molecule has 0 saturated heterocycles. The van der Waals surface area contributed by atoms with Crippen molar-refractivity contribution in [2.45, 2.75) is 13.0 Å². The first-order chi connectivity index (χ1) is 9.13. The second kappa shape index (κ2) is 6.04. The van der Waals surface area contributed by atoms with E-state index in [4.69, 9.17) is 16.3 Å². The van der Waals surface area contributed by atoms with Crippen LogP contribution in [0.2, 0.25) is 5.02 Å². The third-order valence-corrected chi connectivity index (χ3v) is 3.11. The minimum absolute atomic E-state index is 0.0910. The maximum atomic E-state index is 13.7. The van der Waals surface area contributed by atoms with Crippen LogP contribution in [-0.2, 0) is 0 Å². The molecule has 0 radical (unpaired) electrons. The predicted octanol–water partition coefficient (Wildman–Crippen LogP) is 3.96. The Morgan fingerprint density at radius 2 is 1.89 bits per heavy atom. The summed E-state index contributed by atoms with van der Waals surface area (Å²) in [6.45, 7) is 2.46. The molecule has 2 aromatic carbocycles. The smallest absolute Gasteiger partial charge is 0.130 e. The lowest BCUT2D eigenvalue weighted by atomic mass is 10.0. The lowest BCUT2D eigenvalue weighted by molar-refractivity contribution is 0.215. The van der Waals surface area contributed by atoms with Gasteiger partial charge in [-0.1, -0.05) is 29.8 Å². The second-order valence-corrected chi connectivity index (χ2v) is 4.45. The van der Waals surface area contributed by atoms with Gasteiger partial charge in [-0.15, -0.1) is 0 Å². The van der Waals surface area contributed by atoms with E-state index in [0.717, 1.165) is 0 Å². The quantitative estimate of drug-likeness (QED) is 0.918. The summed E-state index contributed by atoms with van der Waals surface area (Å²) < 4.78 is 19.0. The topological polar surface area (TPSA) is 29.5 Å². The van der Waals surface area contributed by atoms with Crippen molar-refractivity contribution >= 4 is 11.6 Å². The van der Waals surface area contributed by atoms with Crippen molar-refractivity contribution in [1.29, 1.82) is 0 Å². The molecule has 0 aliphatic heterocycles. The Balaban J connectivity index is 2.31. The average molecular weight is 281 g/mol. The van der Waals surface area contributed by atoms with Crippen LogP contribution in [0, 0.1) is 5.82 Å². The minimum atomic E-state index is -1.09. The van der Waals surface area contributed by atoms with Crippen LogP contribution in [0.25, 0.3) is 0 Å². The zero-order valence-electron chi connectivity index (χ0n) is 10.4. The van der Waals surface area contributed by atoms with Crippen molar-refractivity contribution in [1.82, 2.24) is 0 Å². The van der Waals surface area contributed by atoms with Gasteiger partial charge in [0, 0.05) is 10.6 Å². The van der Waals surface area contributed by atoms with Crippen LogP contribution in [-0.4, -0.2) is 11.7 Å². The molecule has 19 heavy (non-hydrogen) atoms. The molecule has 0 amide bonds. The molecule has 2 aromatic rings. The Morgan fingerprint density at radius 3 is 2.47 bits per heavy atom. The summed E-state index contributed by atoms with van der Waals surface area (Å²) in [6, 6.07) is 11.2. The maximum absolute atomic E-state index is 13.7. The van der Waals surface area contributed by atoms with E-state index < -0.39 is 11.9 Å². The molecule has 0 heterocycles. The molecule has 0 bridgehead atoms. The molecule has 0 aliphatic rings. The second-order valence-electron chi connectivity index (χ2n) is 4.04. The lowest BCUT2D eigenvalue weighted by Gasteiger charge is -2.14. The molecule has 2 nitrogen and oxygen atoms in total. The highest BCUT2D eigenvalue weighted by Crippen LogP contribution is 2.31. The Bertz CT molecular complexity index is 534. The summed E-state index contributed by atoms with van der Waals surface area (Å²) in [7, 11) is 0. The SMILES string of the molecule is CCOc1ccc(C(O)c2c(F)cccc2Cl)cc1. The largest absolute Gasteiger partial charge is 0.494 e. The van der Waals surface area contributed by atoms with Crippen molar-refractivity contribution < 1.29 is 14.2 Å². The number of halogens is 2. The first-order valence-corrected chi connectivity index (χ1v) is 6.36. The number of rotatable bonds is 4. The minimum Gasteiger partial charge on any atom is -0.494 e. The van der Waals surface area contributed by atoms with Crippen molar-refractivity contribution in [3.05, 3.63) is 64.4 Å². The molecule has 4 heteroatoms. The Kier molecular flexibility index (Phi) is 4.40. The van der Waals surface area contributed by atoms with Crippen LogP contribution in [0.3, 0.4) is 0 Å². The molecule has 2 rings (SSSR count). The molecule has 1 atom stereocenters. The van der Waals surface area contributed by atoms with Crippen molar-refractivity contribution in [3.63, 3.8) is 0 Å². The highest BCUT2D eigenvalue weighted by Gasteiger charge is 2.18. The number of benzene rings is 2. The van der Waals surface area contributed by atoms with E-state index in [0.29, 0.717) is 17.9 Å². The number of aliphatic hydroxyl groups is 1. The first kappa shape index (κ1) is 13.8. The van der Waals surface area contributed by atoms with Crippen LogP contribution in [0.5, 0.6) is 5.75 Å². The molecule has 0 saturated carbocycles. The first-order valence-electron chi connectivity index (χ1n) is 5.98. The van der Waals surface area contributed by atoms with Crippen molar-refractivity contribution in [2.75, 3.05) is 6.61 Å². The standard InChI is InChI=1S/C15H14ClFO2/c1-2-19-11-8-6-10(7-9-11)15(18)14-12(16)4-3-5-13(14)17/h3-9,15,18H,2H2,1H3.